The molecule has 65 heavy (non-hydrogen) atoms. The summed E-state index contributed by atoms with van der Waals surface area (Å²) in [6, 6.07) is 0. The molecular weight excluding hydrogens is 837 g/mol. The maximum absolute atomic E-state index is 12.3. The Hall–Kier alpha value is -1.53. The lowest BCUT2D eigenvalue weighted by Crippen LogP contribution is -2.71. The van der Waals surface area contributed by atoms with Gasteiger partial charge in [-0.05, 0) is 85.1 Å². The molecule has 14 nitrogen and oxygen atoms in total. The lowest BCUT2D eigenvalue weighted by Gasteiger charge is -2.61. The maximum Gasteiger partial charge on any atom is 0.331 e. The first kappa shape index (κ1) is 44.7. The van der Waals surface area contributed by atoms with Crippen molar-refractivity contribution in [3.05, 3.63) is 23.8 Å². The number of epoxide rings is 1. The minimum absolute atomic E-state index is 0.00205. The van der Waals surface area contributed by atoms with Gasteiger partial charge in [0.05, 0.1) is 114 Å². The van der Waals surface area contributed by atoms with Crippen molar-refractivity contribution in [3.63, 3.8) is 0 Å². The number of fused-ring (bicyclic) bond motifs is 12. The van der Waals surface area contributed by atoms with E-state index >= 15 is 0 Å². The SMILES string of the molecule is C=C(CC)C[C@@H]1C[C@H](O)[C@]2(C)OC3CC4OC5C[C@]6(C)O[C@]7(C)CCC8OC9C[C@]%10(C)OC%11C(C)=CC(=O)O[C@H]%11C[C@H]%10O[C@H]9C[C@@H](C)[C@H]8O[C@H]7C[C@H]6O[C@@]5(C)CC5OC5[C@H]4O[C@H]3C[C@H]2O1. The maximum atomic E-state index is 12.3. The van der Waals surface area contributed by atoms with Crippen molar-refractivity contribution in [3.8, 4) is 0 Å². The predicted molar refractivity (Wildman–Crippen MR) is 232 cm³/mol. The van der Waals surface area contributed by atoms with E-state index in [9.17, 15) is 9.90 Å². The first-order valence-electron chi connectivity index (χ1n) is 25.4. The van der Waals surface area contributed by atoms with Gasteiger partial charge < -0.3 is 61.9 Å². The quantitative estimate of drug-likeness (QED) is 0.204. The highest BCUT2D eigenvalue weighted by atomic mass is 16.7. The summed E-state index contributed by atoms with van der Waals surface area (Å²) in [6.45, 7) is 21.3. The molecule has 0 amide bonds. The van der Waals surface area contributed by atoms with Gasteiger partial charge in [-0.25, -0.2) is 4.79 Å². The molecule has 0 aromatic carbocycles. The second kappa shape index (κ2) is 15.5. The minimum atomic E-state index is -0.834. The fourth-order valence-electron chi connectivity index (χ4n) is 14.8. The van der Waals surface area contributed by atoms with Gasteiger partial charge in [-0.15, -0.1) is 0 Å². The van der Waals surface area contributed by atoms with E-state index in [-0.39, 0.29) is 122 Å². The molecule has 0 aromatic rings. The molecule has 25 atom stereocenters. The van der Waals surface area contributed by atoms with E-state index in [1.165, 1.54) is 0 Å². The fraction of sp³-hybridized carbons (Fsp3) is 0.902. The van der Waals surface area contributed by atoms with Crippen LogP contribution in [0.2, 0.25) is 0 Å². The summed E-state index contributed by atoms with van der Waals surface area (Å²) in [7, 11) is 0. The molecule has 11 saturated heterocycles. The fourth-order valence-corrected chi connectivity index (χ4v) is 14.8. The van der Waals surface area contributed by atoms with Crippen LogP contribution in [-0.4, -0.2) is 155 Å². The standard InChI is InChI=1S/C51H74O14/c1-10-24(2)13-27-16-36(52)51(9)40(54-27)18-30-31(62-51)17-32-45(59-30)46-35(60-46)22-49(7)41(57-32)23-50(8)39(63-49)20-38-47(5,65-50)12-11-28-43(61-38)25(3)14-29-34(55-28)21-48(6)37(56-29)19-33-44(64-48)26(4)15-42(53)58-33/h15,25,27-41,43-46,52H,2,10-14,16-23H2,1,3-9H3/t25-,27-,28?,29+,30+,31?,32?,33+,34?,35?,36+,37-,38+,39-,40-,41?,43-,44?,45+,46?,47-,48+,49+,50+,51+/m1/s1. The Bertz CT molecular complexity index is 1950. The first-order valence-corrected chi connectivity index (χ1v) is 25.4. The number of hydrogen-bond acceptors (Lipinski definition) is 14. The van der Waals surface area contributed by atoms with Crippen molar-refractivity contribution in [2.75, 3.05) is 0 Å². The van der Waals surface area contributed by atoms with E-state index in [1.807, 2.05) is 13.8 Å². The van der Waals surface area contributed by atoms with E-state index < -0.39 is 34.1 Å². The van der Waals surface area contributed by atoms with Gasteiger partial charge in [0, 0.05) is 57.4 Å². The molecule has 12 aliphatic heterocycles. The zero-order valence-electron chi connectivity index (χ0n) is 39.8. The van der Waals surface area contributed by atoms with E-state index in [1.54, 1.807) is 6.08 Å². The number of aliphatic hydroxyl groups excluding tert-OH is 1. The van der Waals surface area contributed by atoms with Crippen molar-refractivity contribution in [2.24, 2.45) is 5.92 Å². The monoisotopic (exact) mass is 911 g/mol. The van der Waals surface area contributed by atoms with Gasteiger partial charge >= 0.3 is 5.97 Å². The summed E-state index contributed by atoms with van der Waals surface area (Å²) in [5, 5.41) is 11.5. The summed E-state index contributed by atoms with van der Waals surface area (Å²) < 4.78 is 82.9. The second-order valence-corrected chi connectivity index (χ2v) is 23.7. The lowest BCUT2D eigenvalue weighted by molar-refractivity contribution is -0.360. The van der Waals surface area contributed by atoms with Crippen LogP contribution in [0.3, 0.4) is 0 Å². The third-order valence-corrected chi connectivity index (χ3v) is 18.8. The molecule has 12 heterocycles. The Kier molecular flexibility index (Phi) is 10.6. The van der Waals surface area contributed by atoms with Gasteiger partial charge in [-0.3, -0.25) is 0 Å². The number of hydrogen-bond donors (Lipinski definition) is 1. The van der Waals surface area contributed by atoms with Crippen LogP contribution in [0.4, 0.5) is 0 Å². The number of esters is 1. The molecule has 0 aliphatic carbocycles. The second-order valence-electron chi connectivity index (χ2n) is 23.7. The summed E-state index contributed by atoms with van der Waals surface area (Å²) in [6.07, 6.45) is 6.71. The van der Waals surface area contributed by atoms with Gasteiger partial charge in [0.1, 0.15) is 30.0 Å². The highest BCUT2D eigenvalue weighted by Crippen LogP contribution is 2.57. The summed E-state index contributed by atoms with van der Waals surface area (Å²) >= 11 is 0. The third-order valence-electron chi connectivity index (χ3n) is 18.8. The Balaban J connectivity index is 0.741. The van der Waals surface area contributed by atoms with Crippen LogP contribution in [0, 0.1) is 5.92 Å². The molecule has 0 spiro atoms. The van der Waals surface area contributed by atoms with Crippen molar-refractivity contribution in [1.82, 2.24) is 0 Å². The first-order chi connectivity index (χ1) is 30.8. The highest BCUT2D eigenvalue weighted by Gasteiger charge is 2.67. The Morgan fingerprint density at radius 1 is 0.646 bits per heavy atom. The Labute approximate surface area is 384 Å². The van der Waals surface area contributed by atoms with Crippen LogP contribution in [0.1, 0.15) is 139 Å². The highest BCUT2D eigenvalue weighted by molar-refractivity contribution is 5.84. The average Bonchev–Trinajstić information content (AvgIpc) is 4.02. The Morgan fingerprint density at radius 3 is 2.17 bits per heavy atom. The molecule has 8 unspecified atom stereocenters. The molecule has 14 heteroatoms. The zero-order valence-corrected chi connectivity index (χ0v) is 39.8. The molecule has 11 fully saturated rings. The van der Waals surface area contributed by atoms with Gasteiger partial charge in [0.2, 0.25) is 0 Å². The van der Waals surface area contributed by atoms with Gasteiger partial charge in [-0.2, -0.15) is 0 Å². The van der Waals surface area contributed by atoms with Crippen molar-refractivity contribution in [2.45, 2.75) is 283 Å². The number of aliphatic hydroxyl groups is 1. The van der Waals surface area contributed by atoms with E-state index in [0.29, 0.717) is 51.4 Å². The summed E-state index contributed by atoms with van der Waals surface area (Å²) in [4.78, 5) is 12.3. The van der Waals surface area contributed by atoms with Crippen LogP contribution in [-0.2, 0) is 61.6 Å². The van der Waals surface area contributed by atoms with Crippen molar-refractivity contribution < 1.29 is 66.7 Å². The summed E-state index contributed by atoms with van der Waals surface area (Å²) in [5.41, 5.74) is -1.18. The minimum Gasteiger partial charge on any atom is -0.456 e. The van der Waals surface area contributed by atoms with Crippen molar-refractivity contribution in [1.29, 1.82) is 0 Å². The molecule has 12 aliphatic rings. The molecule has 0 radical (unpaired) electrons. The average molecular weight is 911 g/mol. The number of carbonyl (C=O) groups excluding carboxylic acids is 1. The van der Waals surface area contributed by atoms with Crippen LogP contribution >= 0.6 is 0 Å². The van der Waals surface area contributed by atoms with Crippen LogP contribution in [0.5, 0.6) is 0 Å². The van der Waals surface area contributed by atoms with E-state index in [2.05, 4.69) is 48.1 Å². The number of ether oxygens (including phenoxy) is 12. The molecule has 0 bridgehead atoms. The molecule has 1 N–H and O–H groups in total. The van der Waals surface area contributed by atoms with Gasteiger partial charge in [-0.1, -0.05) is 26.0 Å². The van der Waals surface area contributed by atoms with Crippen LogP contribution < -0.4 is 0 Å². The molecule has 0 saturated carbocycles. The molecule has 362 valence electrons. The normalized spacial score (nSPS) is 58.8. The van der Waals surface area contributed by atoms with Gasteiger partial charge in [0.25, 0.3) is 0 Å². The van der Waals surface area contributed by atoms with E-state index in [4.69, 9.17) is 56.8 Å². The number of carbonyl (C=O) groups is 1. The Morgan fingerprint density at radius 2 is 1.35 bits per heavy atom. The van der Waals surface area contributed by atoms with E-state index in [0.717, 1.165) is 43.3 Å². The molecule has 12 rings (SSSR count). The molecular formula is C51H74O14. The van der Waals surface area contributed by atoms with Crippen molar-refractivity contribution >= 4 is 5.97 Å². The topological polar surface area (TPSA) is 151 Å². The van der Waals surface area contributed by atoms with Crippen LogP contribution in [0.15, 0.2) is 23.8 Å². The lowest BCUT2D eigenvalue weighted by atomic mass is 9.72. The molecule has 0 aromatic heterocycles. The third kappa shape index (κ3) is 7.34. The smallest absolute Gasteiger partial charge is 0.331 e. The summed E-state index contributed by atoms with van der Waals surface area (Å²) in [5.74, 6) is -0.135. The van der Waals surface area contributed by atoms with Gasteiger partial charge in [0.15, 0.2) is 0 Å². The predicted octanol–water partition coefficient (Wildman–Crippen LogP) is 5.89. The largest absolute Gasteiger partial charge is 0.456 e. The zero-order chi connectivity index (χ0) is 45.2. The van der Waals surface area contributed by atoms with Crippen LogP contribution in [0.25, 0.3) is 0 Å². The number of rotatable bonds is 3.